The zero-order valence-corrected chi connectivity index (χ0v) is 13.1. The summed E-state index contributed by atoms with van der Waals surface area (Å²) in [5.74, 6) is 0.716. The van der Waals surface area contributed by atoms with E-state index in [2.05, 4.69) is 60.7 Å². The fourth-order valence-corrected chi connectivity index (χ4v) is 2.99. The highest BCUT2D eigenvalue weighted by Crippen LogP contribution is 2.29. The van der Waals surface area contributed by atoms with Crippen LogP contribution in [0.4, 0.5) is 0 Å². The van der Waals surface area contributed by atoms with Gasteiger partial charge in [-0.25, -0.2) is 0 Å². The van der Waals surface area contributed by atoms with E-state index in [1.54, 1.807) is 0 Å². The molecular weight excluding hydrogens is 296 g/mol. The molecule has 4 aromatic rings. The van der Waals surface area contributed by atoms with Gasteiger partial charge in [-0.3, -0.25) is 4.79 Å². The van der Waals surface area contributed by atoms with E-state index in [9.17, 15) is 4.79 Å². The molecule has 0 aliphatic heterocycles. The summed E-state index contributed by atoms with van der Waals surface area (Å²) >= 11 is 0. The minimum Gasteiger partial charge on any atom is -0.486 e. The Labute approximate surface area is 140 Å². The summed E-state index contributed by atoms with van der Waals surface area (Å²) in [5.41, 5.74) is 2.40. The van der Waals surface area contributed by atoms with Gasteiger partial charge in [0.05, 0.1) is 0 Å². The molecule has 0 spiro atoms. The van der Waals surface area contributed by atoms with Gasteiger partial charge in [-0.2, -0.15) is 0 Å². The summed E-state index contributed by atoms with van der Waals surface area (Å²) in [5, 5.41) is 4.74. The number of aldehydes is 1. The summed E-state index contributed by atoms with van der Waals surface area (Å²) < 4.78 is 5.36. The molecule has 0 bridgehead atoms. The molecule has 0 atom stereocenters. The largest absolute Gasteiger partial charge is 0.486 e. The molecule has 0 aromatic heterocycles. The van der Waals surface area contributed by atoms with Crippen molar-refractivity contribution in [3.8, 4) is 16.9 Å². The van der Waals surface area contributed by atoms with Crippen LogP contribution in [-0.4, -0.2) is 12.9 Å². The van der Waals surface area contributed by atoms with Crippen molar-refractivity contribution in [1.29, 1.82) is 0 Å². The van der Waals surface area contributed by atoms with Crippen molar-refractivity contribution < 1.29 is 9.53 Å². The summed E-state index contributed by atoms with van der Waals surface area (Å²) in [6, 6.07) is 27.2. The van der Waals surface area contributed by atoms with Crippen LogP contribution in [0.1, 0.15) is 0 Å². The van der Waals surface area contributed by atoms with Crippen molar-refractivity contribution >= 4 is 27.8 Å². The van der Waals surface area contributed by atoms with Crippen LogP contribution in [-0.2, 0) is 4.79 Å². The minimum absolute atomic E-state index is 0.0840. The lowest BCUT2D eigenvalue weighted by molar-refractivity contribution is -0.109. The first kappa shape index (κ1) is 14.5. The van der Waals surface area contributed by atoms with Crippen molar-refractivity contribution in [1.82, 2.24) is 0 Å². The van der Waals surface area contributed by atoms with Gasteiger partial charge in [0.25, 0.3) is 0 Å². The van der Waals surface area contributed by atoms with Crippen LogP contribution in [0.5, 0.6) is 5.75 Å². The highest BCUT2D eigenvalue weighted by atomic mass is 16.5. The Morgan fingerprint density at radius 1 is 0.667 bits per heavy atom. The third-order valence-corrected chi connectivity index (χ3v) is 4.21. The number of rotatable bonds is 4. The van der Waals surface area contributed by atoms with Gasteiger partial charge < -0.3 is 4.74 Å². The second-order valence-corrected chi connectivity index (χ2v) is 5.76. The van der Waals surface area contributed by atoms with Gasteiger partial charge >= 0.3 is 0 Å². The SMILES string of the molecule is O=CCOc1ccc2cc(-c3ccc4ccccc4c3)ccc2c1. The number of ether oxygens (including phenoxy) is 1. The Balaban J connectivity index is 1.74. The maximum atomic E-state index is 10.4. The summed E-state index contributed by atoms with van der Waals surface area (Å²) in [6.45, 7) is 0.0840. The van der Waals surface area contributed by atoms with Gasteiger partial charge in [0.15, 0.2) is 6.29 Å². The molecule has 2 nitrogen and oxygen atoms in total. The van der Waals surface area contributed by atoms with Crippen LogP contribution in [0, 0.1) is 0 Å². The molecule has 4 aromatic carbocycles. The molecule has 2 heteroatoms. The average molecular weight is 312 g/mol. The molecule has 0 aliphatic rings. The van der Waals surface area contributed by atoms with Gasteiger partial charge in [0, 0.05) is 0 Å². The number of benzene rings is 4. The van der Waals surface area contributed by atoms with Gasteiger partial charge in [-0.1, -0.05) is 54.6 Å². The number of carbonyl (C=O) groups is 1. The highest BCUT2D eigenvalue weighted by Gasteiger charge is 2.03. The standard InChI is InChI=1S/C22H16O2/c23-11-12-24-22-10-9-20-14-19(7-8-21(20)15-22)18-6-5-16-3-1-2-4-17(16)13-18/h1-11,13-15H,12H2. The van der Waals surface area contributed by atoms with Crippen molar-refractivity contribution in [3.05, 3.63) is 78.9 Å². The molecule has 116 valence electrons. The molecule has 0 unspecified atom stereocenters. The lowest BCUT2D eigenvalue weighted by atomic mass is 9.98. The molecular formula is C22H16O2. The molecule has 0 amide bonds. The van der Waals surface area contributed by atoms with Crippen molar-refractivity contribution in [2.45, 2.75) is 0 Å². The average Bonchev–Trinajstić information content (AvgIpc) is 2.65. The smallest absolute Gasteiger partial charge is 0.157 e. The first-order valence-corrected chi connectivity index (χ1v) is 7.93. The highest BCUT2D eigenvalue weighted by molar-refractivity contribution is 5.91. The second-order valence-electron chi connectivity index (χ2n) is 5.76. The number of fused-ring (bicyclic) bond motifs is 2. The summed E-state index contributed by atoms with van der Waals surface area (Å²) in [4.78, 5) is 10.4. The van der Waals surface area contributed by atoms with E-state index >= 15 is 0 Å². The Morgan fingerprint density at radius 3 is 2.00 bits per heavy atom. The van der Waals surface area contributed by atoms with E-state index < -0.39 is 0 Å². The fraction of sp³-hybridized carbons (Fsp3) is 0.0455. The molecule has 0 fully saturated rings. The quantitative estimate of drug-likeness (QED) is 0.482. The minimum atomic E-state index is 0.0840. The van der Waals surface area contributed by atoms with Gasteiger partial charge in [-0.15, -0.1) is 0 Å². The predicted octanol–water partition coefficient (Wildman–Crippen LogP) is 5.24. The predicted molar refractivity (Wildman–Crippen MR) is 98.4 cm³/mol. The van der Waals surface area contributed by atoms with Crippen LogP contribution < -0.4 is 4.74 Å². The lowest BCUT2D eigenvalue weighted by Crippen LogP contribution is -1.97. The van der Waals surface area contributed by atoms with Crippen LogP contribution in [0.25, 0.3) is 32.7 Å². The fourth-order valence-electron chi connectivity index (χ4n) is 2.99. The Hall–Kier alpha value is -3.13. The third-order valence-electron chi connectivity index (χ3n) is 4.21. The second kappa shape index (κ2) is 6.17. The monoisotopic (exact) mass is 312 g/mol. The van der Waals surface area contributed by atoms with Gasteiger partial charge in [0.1, 0.15) is 12.4 Å². The normalized spacial score (nSPS) is 10.8. The Bertz CT molecular complexity index is 1030. The van der Waals surface area contributed by atoms with E-state index in [1.165, 1.54) is 21.9 Å². The Morgan fingerprint density at radius 2 is 1.25 bits per heavy atom. The van der Waals surface area contributed by atoms with Crippen LogP contribution in [0.15, 0.2) is 78.9 Å². The maximum absolute atomic E-state index is 10.4. The lowest BCUT2D eigenvalue weighted by Gasteiger charge is -2.08. The first-order chi connectivity index (χ1) is 11.8. The van der Waals surface area contributed by atoms with Crippen LogP contribution in [0.2, 0.25) is 0 Å². The van der Waals surface area contributed by atoms with Crippen molar-refractivity contribution in [2.75, 3.05) is 6.61 Å². The van der Waals surface area contributed by atoms with E-state index in [-0.39, 0.29) is 6.61 Å². The van der Waals surface area contributed by atoms with Crippen molar-refractivity contribution in [2.24, 2.45) is 0 Å². The molecule has 0 N–H and O–H groups in total. The first-order valence-electron chi connectivity index (χ1n) is 7.93. The number of hydrogen-bond acceptors (Lipinski definition) is 2. The number of carbonyl (C=O) groups excluding carboxylic acids is 1. The summed E-state index contributed by atoms with van der Waals surface area (Å²) in [7, 11) is 0. The van der Waals surface area contributed by atoms with E-state index in [0.29, 0.717) is 5.75 Å². The zero-order chi connectivity index (χ0) is 16.4. The van der Waals surface area contributed by atoms with E-state index in [1.807, 2.05) is 18.2 Å². The zero-order valence-electron chi connectivity index (χ0n) is 13.1. The van der Waals surface area contributed by atoms with Gasteiger partial charge in [-0.05, 0) is 56.9 Å². The van der Waals surface area contributed by atoms with E-state index in [0.717, 1.165) is 17.1 Å². The van der Waals surface area contributed by atoms with Gasteiger partial charge in [0.2, 0.25) is 0 Å². The van der Waals surface area contributed by atoms with E-state index in [4.69, 9.17) is 4.74 Å². The summed E-state index contributed by atoms with van der Waals surface area (Å²) in [6.07, 6.45) is 0.757. The van der Waals surface area contributed by atoms with Crippen LogP contribution in [0.3, 0.4) is 0 Å². The molecule has 4 rings (SSSR count). The van der Waals surface area contributed by atoms with Crippen molar-refractivity contribution in [3.63, 3.8) is 0 Å². The maximum Gasteiger partial charge on any atom is 0.157 e. The number of hydrogen-bond donors (Lipinski definition) is 0. The Kier molecular flexibility index (Phi) is 3.72. The topological polar surface area (TPSA) is 26.3 Å². The molecule has 0 heterocycles. The molecule has 0 saturated heterocycles. The molecule has 0 saturated carbocycles. The molecule has 24 heavy (non-hydrogen) atoms. The third kappa shape index (κ3) is 2.74. The molecule has 0 radical (unpaired) electrons. The van der Waals surface area contributed by atoms with Crippen LogP contribution >= 0.6 is 0 Å². The molecule has 0 aliphatic carbocycles.